The second-order valence-electron chi connectivity index (χ2n) is 4.39. The summed E-state index contributed by atoms with van der Waals surface area (Å²) in [7, 11) is 0. The number of imidazole rings is 1. The van der Waals surface area contributed by atoms with E-state index in [4.69, 9.17) is 5.73 Å². The van der Waals surface area contributed by atoms with Crippen LogP contribution in [0.3, 0.4) is 0 Å². The lowest BCUT2D eigenvalue weighted by atomic mass is 10.1. The summed E-state index contributed by atoms with van der Waals surface area (Å²) in [5.74, 6) is 1.20. The first-order chi connectivity index (χ1) is 7.84. The molecule has 3 heterocycles. The molecule has 1 fully saturated rings. The molecule has 16 heavy (non-hydrogen) atoms. The second kappa shape index (κ2) is 3.79. The van der Waals surface area contributed by atoms with Crippen LogP contribution >= 0.6 is 0 Å². The highest BCUT2D eigenvalue weighted by atomic mass is 15.2. The minimum Gasteiger partial charge on any atom is -0.356 e. The van der Waals surface area contributed by atoms with Crippen LogP contribution in [0.25, 0.3) is 5.65 Å². The number of nitrogens with two attached hydrogens (primary N) is 1. The normalized spacial score (nSPS) is 21.6. The molecule has 0 saturated carbocycles. The Morgan fingerprint density at radius 1 is 1.38 bits per heavy atom. The summed E-state index contributed by atoms with van der Waals surface area (Å²) >= 11 is 0. The molecule has 0 aliphatic carbocycles. The molecule has 1 aliphatic rings. The SMILES string of the molecule is NC1CCCN(c2cccc3nccn23)C1. The van der Waals surface area contributed by atoms with Gasteiger partial charge in [-0.3, -0.25) is 4.40 Å². The first-order valence-corrected chi connectivity index (χ1v) is 5.77. The zero-order valence-corrected chi connectivity index (χ0v) is 9.21. The fraction of sp³-hybridized carbons (Fsp3) is 0.417. The number of nitrogens with zero attached hydrogens (tertiary/aromatic N) is 3. The van der Waals surface area contributed by atoms with Crippen molar-refractivity contribution in [3.05, 3.63) is 30.6 Å². The molecule has 1 saturated heterocycles. The number of aromatic nitrogens is 2. The largest absolute Gasteiger partial charge is 0.356 e. The van der Waals surface area contributed by atoms with Gasteiger partial charge in [0.25, 0.3) is 0 Å². The lowest BCUT2D eigenvalue weighted by molar-refractivity contribution is 0.502. The predicted octanol–water partition coefficient (Wildman–Crippen LogP) is 1.26. The Balaban J connectivity index is 2.01. The van der Waals surface area contributed by atoms with Crippen LogP contribution in [0.5, 0.6) is 0 Å². The fourth-order valence-electron chi connectivity index (χ4n) is 2.41. The minimum absolute atomic E-state index is 0.299. The standard InChI is InChI=1S/C12H16N4/c13-10-3-2-7-15(9-10)12-5-1-4-11-14-6-8-16(11)12/h1,4-6,8,10H,2-3,7,9,13H2. The van der Waals surface area contributed by atoms with E-state index in [1.807, 2.05) is 18.5 Å². The average molecular weight is 216 g/mol. The van der Waals surface area contributed by atoms with Crippen molar-refractivity contribution >= 4 is 11.5 Å². The molecule has 2 N–H and O–H groups in total. The Hall–Kier alpha value is -1.55. The van der Waals surface area contributed by atoms with Gasteiger partial charge in [0.05, 0.1) is 0 Å². The van der Waals surface area contributed by atoms with Gasteiger partial charge in [-0.15, -0.1) is 0 Å². The maximum atomic E-state index is 6.02. The summed E-state index contributed by atoms with van der Waals surface area (Å²) in [6.45, 7) is 2.03. The van der Waals surface area contributed by atoms with E-state index in [0.717, 1.165) is 25.2 Å². The molecule has 0 amide bonds. The summed E-state index contributed by atoms with van der Waals surface area (Å²) in [6.07, 6.45) is 6.15. The second-order valence-corrected chi connectivity index (χ2v) is 4.39. The van der Waals surface area contributed by atoms with E-state index in [0.29, 0.717) is 6.04 Å². The fourth-order valence-corrected chi connectivity index (χ4v) is 2.41. The quantitative estimate of drug-likeness (QED) is 0.780. The van der Waals surface area contributed by atoms with Crippen molar-refractivity contribution in [3.8, 4) is 0 Å². The van der Waals surface area contributed by atoms with E-state index in [1.54, 1.807) is 0 Å². The summed E-state index contributed by atoms with van der Waals surface area (Å²) in [5.41, 5.74) is 7.01. The van der Waals surface area contributed by atoms with Crippen LogP contribution in [-0.2, 0) is 0 Å². The number of fused-ring (bicyclic) bond motifs is 1. The molecule has 0 aromatic carbocycles. The van der Waals surface area contributed by atoms with Crippen molar-refractivity contribution in [1.82, 2.24) is 9.38 Å². The van der Waals surface area contributed by atoms with Crippen LogP contribution in [-0.4, -0.2) is 28.5 Å². The molecule has 0 radical (unpaired) electrons. The van der Waals surface area contributed by atoms with Crippen molar-refractivity contribution in [2.45, 2.75) is 18.9 Å². The van der Waals surface area contributed by atoms with Crippen molar-refractivity contribution in [2.24, 2.45) is 5.73 Å². The monoisotopic (exact) mass is 216 g/mol. The van der Waals surface area contributed by atoms with Gasteiger partial charge >= 0.3 is 0 Å². The molecule has 1 aliphatic heterocycles. The molecule has 2 aromatic heterocycles. The Morgan fingerprint density at radius 3 is 3.19 bits per heavy atom. The Kier molecular flexibility index (Phi) is 2.29. The van der Waals surface area contributed by atoms with Crippen molar-refractivity contribution in [2.75, 3.05) is 18.0 Å². The van der Waals surface area contributed by atoms with Gasteiger partial charge in [0.2, 0.25) is 0 Å². The lowest BCUT2D eigenvalue weighted by Gasteiger charge is -2.32. The molecule has 3 rings (SSSR count). The van der Waals surface area contributed by atoms with Gasteiger partial charge in [-0.1, -0.05) is 6.07 Å². The summed E-state index contributed by atoms with van der Waals surface area (Å²) in [6, 6.07) is 6.50. The minimum atomic E-state index is 0.299. The zero-order chi connectivity index (χ0) is 11.0. The predicted molar refractivity (Wildman–Crippen MR) is 64.6 cm³/mol. The maximum Gasteiger partial charge on any atom is 0.138 e. The van der Waals surface area contributed by atoms with Crippen LogP contribution in [0.1, 0.15) is 12.8 Å². The van der Waals surface area contributed by atoms with Crippen LogP contribution in [0.15, 0.2) is 30.6 Å². The topological polar surface area (TPSA) is 46.6 Å². The first-order valence-electron chi connectivity index (χ1n) is 5.77. The van der Waals surface area contributed by atoms with Gasteiger partial charge in [-0.05, 0) is 25.0 Å². The number of piperidine rings is 1. The van der Waals surface area contributed by atoms with Crippen molar-refractivity contribution in [1.29, 1.82) is 0 Å². The first kappa shape index (κ1) is 9.66. The highest BCUT2D eigenvalue weighted by Crippen LogP contribution is 2.20. The average Bonchev–Trinajstić information content (AvgIpc) is 2.76. The molecule has 1 unspecified atom stereocenters. The van der Waals surface area contributed by atoms with Crippen LogP contribution in [0, 0.1) is 0 Å². The van der Waals surface area contributed by atoms with E-state index in [9.17, 15) is 0 Å². The summed E-state index contributed by atoms with van der Waals surface area (Å²) < 4.78 is 2.12. The van der Waals surface area contributed by atoms with E-state index in [1.165, 1.54) is 12.2 Å². The molecule has 84 valence electrons. The Labute approximate surface area is 94.7 Å². The zero-order valence-electron chi connectivity index (χ0n) is 9.21. The Morgan fingerprint density at radius 2 is 2.31 bits per heavy atom. The third-order valence-electron chi connectivity index (χ3n) is 3.19. The van der Waals surface area contributed by atoms with Crippen LogP contribution < -0.4 is 10.6 Å². The van der Waals surface area contributed by atoms with Gasteiger partial charge < -0.3 is 10.6 Å². The lowest BCUT2D eigenvalue weighted by Crippen LogP contribution is -2.43. The molecule has 2 aromatic rings. The number of pyridine rings is 1. The molecular weight excluding hydrogens is 200 g/mol. The number of rotatable bonds is 1. The van der Waals surface area contributed by atoms with Gasteiger partial charge in [-0.2, -0.15) is 0 Å². The molecule has 0 spiro atoms. The molecule has 4 nitrogen and oxygen atoms in total. The van der Waals surface area contributed by atoms with E-state index < -0.39 is 0 Å². The molecule has 0 bridgehead atoms. The van der Waals surface area contributed by atoms with Crippen molar-refractivity contribution in [3.63, 3.8) is 0 Å². The number of hydrogen-bond acceptors (Lipinski definition) is 3. The Bertz CT molecular complexity index is 490. The smallest absolute Gasteiger partial charge is 0.138 e. The van der Waals surface area contributed by atoms with E-state index in [-0.39, 0.29) is 0 Å². The van der Waals surface area contributed by atoms with Gasteiger partial charge in [0, 0.05) is 31.5 Å². The maximum absolute atomic E-state index is 6.02. The summed E-state index contributed by atoms with van der Waals surface area (Å²) in [4.78, 5) is 6.65. The van der Waals surface area contributed by atoms with Crippen LogP contribution in [0.2, 0.25) is 0 Å². The van der Waals surface area contributed by atoms with E-state index in [2.05, 4.69) is 26.4 Å². The molecular formula is C12H16N4. The summed E-state index contributed by atoms with van der Waals surface area (Å²) in [5, 5.41) is 0. The van der Waals surface area contributed by atoms with E-state index >= 15 is 0 Å². The third-order valence-corrected chi connectivity index (χ3v) is 3.19. The molecule has 4 heteroatoms. The van der Waals surface area contributed by atoms with Gasteiger partial charge in [0.15, 0.2) is 0 Å². The highest BCUT2D eigenvalue weighted by molar-refractivity contribution is 5.51. The number of hydrogen-bond donors (Lipinski definition) is 1. The van der Waals surface area contributed by atoms with Gasteiger partial charge in [0.1, 0.15) is 11.5 Å². The third kappa shape index (κ3) is 1.55. The van der Waals surface area contributed by atoms with Crippen molar-refractivity contribution < 1.29 is 0 Å². The molecule has 1 atom stereocenters. The van der Waals surface area contributed by atoms with Crippen LogP contribution in [0.4, 0.5) is 5.82 Å². The van der Waals surface area contributed by atoms with Gasteiger partial charge in [-0.25, -0.2) is 4.98 Å². The highest BCUT2D eigenvalue weighted by Gasteiger charge is 2.18. The number of anilines is 1.